The lowest BCUT2D eigenvalue weighted by Crippen LogP contribution is -2.41. The van der Waals surface area contributed by atoms with Crippen LogP contribution in [0.2, 0.25) is 0 Å². The van der Waals surface area contributed by atoms with Crippen molar-refractivity contribution in [3.8, 4) is 0 Å². The predicted molar refractivity (Wildman–Crippen MR) is 142 cm³/mol. The third kappa shape index (κ3) is 6.10. The van der Waals surface area contributed by atoms with Gasteiger partial charge in [0, 0.05) is 30.8 Å². The van der Waals surface area contributed by atoms with E-state index in [0.717, 1.165) is 35.2 Å². The predicted octanol–water partition coefficient (Wildman–Crippen LogP) is 5.45. The van der Waals surface area contributed by atoms with Crippen LogP contribution in [0.25, 0.3) is 0 Å². The van der Waals surface area contributed by atoms with Gasteiger partial charge >= 0.3 is 11.8 Å². The molecule has 1 aromatic rings. The van der Waals surface area contributed by atoms with Crippen LogP contribution in [0, 0.1) is 11.8 Å². The third-order valence-electron chi connectivity index (χ3n) is 6.78. The molecule has 4 rings (SSSR count). The van der Waals surface area contributed by atoms with Crippen LogP contribution >= 0.6 is 0 Å². The van der Waals surface area contributed by atoms with Crippen molar-refractivity contribution in [1.29, 1.82) is 0 Å². The van der Waals surface area contributed by atoms with Crippen molar-refractivity contribution in [3.05, 3.63) is 99.3 Å². The van der Waals surface area contributed by atoms with Crippen molar-refractivity contribution in [3.63, 3.8) is 0 Å². The zero-order valence-electron chi connectivity index (χ0n) is 21.4. The average molecular weight is 521 g/mol. The quantitative estimate of drug-likeness (QED) is 0.439. The van der Waals surface area contributed by atoms with Gasteiger partial charge in [0.05, 0.1) is 23.1 Å². The summed E-state index contributed by atoms with van der Waals surface area (Å²) in [5, 5.41) is 4.81. The third-order valence-corrected chi connectivity index (χ3v) is 6.78. The van der Waals surface area contributed by atoms with Crippen molar-refractivity contribution >= 4 is 17.5 Å². The number of amides is 2. The second-order valence-corrected chi connectivity index (χ2v) is 9.61. The fourth-order valence-electron chi connectivity index (χ4n) is 4.68. The van der Waals surface area contributed by atoms with Gasteiger partial charge in [-0.15, -0.1) is 4.91 Å². The van der Waals surface area contributed by atoms with Crippen LogP contribution in [0.1, 0.15) is 43.2 Å². The number of benzene rings is 1. The van der Waals surface area contributed by atoms with Gasteiger partial charge in [-0.2, -0.15) is 8.78 Å². The van der Waals surface area contributed by atoms with E-state index >= 15 is 0 Å². The second-order valence-electron chi connectivity index (χ2n) is 9.61. The molecule has 2 amide bonds. The van der Waals surface area contributed by atoms with Crippen LogP contribution in [0.3, 0.4) is 0 Å². The summed E-state index contributed by atoms with van der Waals surface area (Å²) in [5.74, 6) is -6.00. The summed E-state index contributed by atoms with van der Waals surface area (Å²) < 4.78 is 27.9. The number of nitrogens with zero attached hydrogens (tertiary/aromatic N) is 3. The number of fused-ring (bicyclic) bond motifs is 1. The number of nitrogens with one attached hydrogen (secondary N) is 1. The van der Waals surface area contributed by atoms with Gasteiger partial charge in [0.1, 0.15) is 0 Å². The van der Waals surface area contributed by atoms with E-state index < -0.39 is 18.3 Å². The molecule has 9 heteroatoms. The summed E-state index contributed by atoms with van der Waals surface area (Å²) in [7, 11) is 1.91. The Morgan fingerprint density at radius 1 is 1.18 bits per heavy atom. The lowest BCUT2D eigenvalue weighted by Gasteiger charge is -2.37. The fourth-order valence-corrected chi connectivity index (χ4v) is 4.68. The van der Waals surface area contributed by atoms with Gasteiger partial charge in [-0.3, -0.25) is 14.6 Å². The highest BCUT2D eigenvalue weighted by Crippen LogP contribution is 2.35. The maximum atomic E-state index is 13.9. The van der Waals surface area contributed by atoms with E-state index in [2.05, 4.69) is 17.5 Å². The Labute approximate surface area is 220 Å². The molecular weight excluding hydrogens is 490 g/mol. The van der Waals surface area contributed by atoms with Gasteiger partial charge in [0.2, 0.25) is 0 Å². The Morgan fingerprint density at radius 2 is 1.95 bits per heavy atom. The van der Waals surface area contributed by atoms with Gasteiger partial charge in [0.15, 0.2) is 0 Å². The lowest BCUT2D eigenvalue weighted by atomic mass is 9.92. The van der Waals surface area contributed by atoms with Crippen molar-refractivity contribution in [1.82, 2.24) is 10.2 Å². The first kappa shape index (κ1) is 27.0. The molecule has 0 spiro atoms. The number of rotatable bonds is 9. The Kier molecular flexibility index (Phi) is 8.24. The molecule has 0 saturated carbocycles. The molecule has 0 aromatic heterocycles. The normalized spacial score (nSPS) is 18.9. The second kappa shape index (κ2) is 11.6. The van der Waals surface area contributed by atoms with Gasteiger partial charge in [0.25, 0.3) is 5.91 Å². The average Bonchev–Trinajstić information content (AvgIpc) is 2.92. The number of aryl methyl sites for hydroxylation is 1. The number of likely N-dealkylation sites (N-methyl/N-ethyl adjacent to an activating group) is 1. The number of carbonyl (C=O) groups excluding carboxylic acids is 2. The van der Waals surface area contributed by atoms with E-state index in [1.807, 2.05) is 60.5 Å². The molecule has 7 nitrogen and oxygen atoms in total. The largest absolute Gasteiger partial charge is 0.361 e. The Balaban J connectivity index is 1.56. The maximum absolute atomic E-state index is 13.9. The summed E-state index contributed by atoms with van der Waals surface area (Å²) in [6.07, 6.45) is 12.6. The van der Waals surface area contributed by atoms with Crippen LogP contribution < -0.4 is 5.32 Å². The zero-order chi connectivity index (χ0) is 27.3. The van der Waals surface area contributed by atoms with Gasteiger partial charge in [-0.05, 0) is 49.8 Å². The first-order valence-electron chi connectivity index (χ1n) is 12.6. The number of allylic oxidation sites excluding steroid dienone is 4. The molecule has 2 aliphatic carbocycles. The molecule has 1 heterocycles. The molecule has 1 N–H and O–H groups in total. The molecular formula is C29H30F2N4O3. The molecule has 3 aliphatic rings. The number of nitroso groups, excluding NO2 is 1. The monoisotopic (exact) mass is 520 g/mol. The number of hydrogen-bond acceptors (Lipinski definition) is 5. The van der Waals surface area contributed by atoms with Gasteiger partial charge < -0.3 is 10.2 Å². The molecule has 1 atom stereocenters. The minimum atomic E-state index is -3.81. The molecule has 1 unspecified atom stereocenters. The molecule has 0 bridgehead atoms. The molecule has 198 valence electrons. The van der Waals surface area contributed by atoms with Crippen LogP contribution in [0.5, 0.6) is 0 Å². The first-order valence-corrected chi connectivity index (χ1v) is 12.6. The SMILES string of the molecule is Cc1ccc(CNC(=O)C2=CC3=NC(CCCC(F)(F)C(=O)N=O)=C(C4=CCCC=C4)N(C)C3C=C2)cc1. The van der Waals surface area contributed by atoms with Crippen molar-refractivity contribution in [2.45, 2.75) is 57.5 Å². The van der Waals surface area contributed by atoms with Crippen LogP contribution in [-0.2, 0) is 16.1 Å². The summed E-state index contributed by atoms with van der Waals surface area (Å²) in [6, 6.07) is 7.68. The molecule has 0 radical (unpaired) electrons. The summed E-state index contributed by atoms with van der Waals surface area (Å²) in [5.41, 5.74) is 5.57. The smallest absolute Gasteiger partial charge is 0.355 e. The van der Waals surface area contributed by atoms with Crippen molar-refractivity contribution in [2.75, 3.05) is 7.05 Å². The van der Waals surface area contributed by atoms with E-state index in [1.54, 1.807) is 12.2 Å². The van der Waals surface area contributed by atoms with E-state index in [4.69, 9.17) is 4.99 Å². The first-order chi connectivity index (χ1) is 18.2. The maximum Gasteiger partial charge on any atom is 0.355 e. The van der Waals surface area contributed by atoms with E-state index in [1.165, 1.54) is 0 Å². The lowest BCUT2D eigenvalue weighted by molar-refractivity contribution is -0.142. The van der Waals surface area contributed by atoms with Crippen LogP contribution in [-0.4, -0.2) is 41.4 Å². The van der Waals surface area contributed by atoms with Gasteiger partial charge in [-0.1, -0.05) is 60.2 Å². The highest BCUT2D eigenvalue weighted by atomic mass is 19.3. The van der Waals surface area contributed by atoms with E-state index in [-0.39, 0.29) is 24.8 Å². The van der Waals surface area contributed by atoms with Crippen molar-refractivity contribution < 1.29 is 18.4 Å². The summed E-state index contributed by atoms with van der Waals surface area (Å²) in [6.45, 7) is 2.39. The number of alkyl halides is 2. The minimum absolute atomic E-state index is 0.0666. The number of hydrogen-bond donors (Lipinski definition) is 1. The molecule has 0 fully saturated rings. The molecule has 1 aromatic carbocycles. The van der Waals surface area contributed by atoms with E-state index in [0.29, 0.717) is 23.5 Å². The van der Waals surface area contributed by atoms with E-state index in [9.17, 15) is 23.3 Å². The fraction of sp³-hybridized carbons (Fsp3) is 0.345. The standard InChI is InChI=1S/C29H30F2N4O3/c1-19-10-12-20(13-11-19)18-32-27(36)22-14-15-25-24(17-22)33-23(9-6-16-29(30,31)28(37)34-38)26(35(25)2)21-7-4-3-5-8-21/h4,7-8,10-15,17,25H,3,5-6,9,16,18H2,1-2H3,(H,32,36). The number of aliphatic imine (C=N–C) groups is 1. The highest BCUT2D eigenvalue weighted by Gasteiger charge is 2.39. The minimum Gasteiger partial charge on any atom is -0.361 e. The van der Waals surface area contributed by atoms with Crippen LogP contribution in [0.4, 0.5) is 8.78 Å². The van der Waals surface area contributed by atoms with Crippen LogP contribution in [0.15, 0.2) is 93.4 Å². The summed E-state index contributed by atoms with van der Waals surface area (Å²) in [4.78, 5) is 41.2. The Morgan fingerprint density at radius 3 is 2.63 bits per heavy atom. The number of halogens is 2. The Hall–Kier alpha value is -4.01. The van der Waals surface area contributed by atoms with Crippen molar-refractivity contribution in [2.24, 2.45) is 10.2 Å². The topological polar surface area (TPSA) is 91.2 Å². The molecule has 38 heavy (non-hydrogen) atoms. The number of carbonyl (C=O) groups is 2. The summed E-state index contributed by atoms with van der Waals surface area (Å²) >= 11 is 0. The molecule has 0 saturated heterocycles. The molecule has 1 aliphatic heterocycles. The zero-order valence-corrected chi connectivity index (χ0v) is 21.4. The van der Waals surface area contributed by atoms with Gasteiger partial charge in [-0.25, -0.2) is 0 Å². The highest BCUT2D eigenvalue weighted by molar-refractivity contribution is 6.11. The Bertz CT molecular complexity index is 1300.